The van der Waals surface area contributed by atoms with E-state index in [0.29, 0.717) is 44.1 Å². The second-order valence-electron chi connectivity index (χ2n) is 11.9. The van der Waals surface area contributed by atoms with Crippen molar-refractivity contribution in [3.05, 3.63) is 24.8 Å². The summed E-state index contributed by atoms with van der Waals surface area (Å²) >= 11 is 0. The maximum atomic E-state index is 11.9. The highest BCUT2D eigenvalue weighted by molar-refractivity contribution is 5.87. The normalized spacial score (nSPS) is 33.9. The lowest BCUT2D eigenvalue weighted by Gasteiger charge is -2.22. The Bertz CT molecular complexity index is 1230. The summed E-state index contributed by atoms with van der Waals surface area (Å²) in [6.45, 7) is 8.85. The van der Waals surface area contributed by atoms with Crippen LogP contribution in [0.2, 0.25) is 0 Å². The Labute approximate surface area is 259 Å². The van der Waals surface area contributed by atoms with Crippen molar-refractivity contribution in [2.24, 2.45) is 11.8 Å². The molecule has 14 nitrogen and oxygen atoms in total. The van der Waals surface area contributed by atoms with Gasteiger partial charge in [-0.15, -0.1) is 0 Å². The first-order valence-electron chi connectivity index (χ1n) is 15.3. The van der Waals surface area contributed by atoms with Crippen LogP contribution in [0.3, 0.4) is 0 Å². The number of hydrogen-bond acceptors (Lipinski definition) is 14. The predicted octanol–water partition coefficient (Wildman–Crippen LogP) is 1.41. The minimum Gasteiger partial charge on any atom is -0.463 e. The van der Waals surface area contributed by atoms with Gasteiger partial charge in [0.2, 0.25) is 0 Å². The molecule has 246 valence electrons. The first-order chi connectivity index (χ1) is 21.6. The van der Waals surface area contributed by atoms with Crippen LogP contribution in [-0.2, 0) is 66.7 Å². The molecule has 0 aromatic rings. The van der Waals surface area contributed by atoms with Crippen LogP contribution in [0.4, 0.5) is 0 Å². The molecule has 0 aromatic carbocycles. The molecule has 6 rings (SSSR count). The summed E-state index contributed by atoms with van der Waals surface area (Å²) in [6.07, 6.45) is 2.07. The third-order valence-electron chi connectivity index (χ3n) is 8.65. The molecule has 10 unspecified atom stereocenters. The van der Waals surface area contributed by atoms with Gasteiger partial charge < -0.3 is 37.9 Å². The van der Waals surface area contributed by atoms with E-state index in [1.54, 1.807) is 6.92 Å². The lowest BCUT2D eigenvalue weighted by molar-refractivity contribution is -0.160. The average molecular weight is 635 g/mol. The smallest absolute Gasteiger partial charge is 0.333 e. The standard InChI is InChI=1S/C16H20O7.C15H18O7/c1-8(2)15(18)20-6-4-3-5-11(17)22-13-10-7-9-12(21-10)14(13)23-16(9)19;1-2-10(16)19-6-4-3-5-11(17)21-13-9-7-8-12(20-9)14(13)22-15(8)18/h9-10,12-14H,1,3-7H2,2H3;2,8-9,12-14H,1,3-7H2. The lowest BCUT2D eigenvalue weighted by atomic mass is 9.88. The zero-order valence-corrected chi connectivity index (χ0v) is 25.1. The Balaban J connectivity index is 0.000000178. The van der Waals surface area contributed by atoms with Gasteiger partial charge in [-0.25, -0.2) is 9.59 Å². The fourth-order valence-corrected chi connectivity index (χ4v) is 6.45. The highest BCUT2D eigenvalue weighted by Gasteiger charge is 2.66. The van der Waals surface area contributed by atoms with Crippen molar-refractivity contribution in [3.8, 4) is 0 Å². The molecule has 0 saturated carbocycles. The van der Waals surface area contributed by atoms with Crippen LogP contribution in [-0.4, -0.2) is 97.9 Å². The number of hydrogen-bond donors (Lipinski definition) is 0. The molecule has 45 heavy (non-hydrogen) atoms. The van der Waals surface area contributed by atoms with E-state index in [1.807, 2.05) is 0 Å². The third-order valence-corrected chi connectivity index (χ3v) is 8.65. The lowest BCUT2D eigenvalue weighted by Crippen LogP contribution is -2.40. The molecular formula is C31H38O14. The fourth-order valence-electron chi connectivity index (χ4n) is 6.45. The van der Waals surface area contributed by atoms with E-state index < -0.39 is 36.4 Å². The first-order valence-corrected chi connectivity index (χ1v) is 15.3. The monoisotopic (exact) mass is 634 g/mol. The van der Waals surface area contributed by atoms with Crippen molar-refractivity contribution < 1.29 is 66.7 Å². The SMILES string of the molecule is C=C(C)C(=O)OCCCCC(=O)OC1C2CC3C(=O)OC1C3O2.C=CC(=O)OCCCCC(=O)OC1C2CC3C(=O)OC1C3O2. The number of carbonyl (C=O) groups excluding carboxylic acids is 6. The van der Waals surface area contributed by atoms with Gasteiger partial charge in [0.1, 0.15) is 12.2 Å². The van der Waals surface area contributed by atoms with E-state index in [4.69, 9.17) is 37.9 Å². The maximum absolute atomic E-state index is 11.9. The number of rotatable bonds is 14. The van der Waals surface area contributed by atoms with Gasteiger partial charge in [-0.3, -0.25) is 19.2 Å². The predicted molar refractivity (Wildman–Crippen MR) is 148 cm³/mol. The Morgan fingerprint density at radius 2 is 1.22 bits per heavy atom. The summed E-state index contributed by atoms with van der Waals surface area (Å²) in [4.78, 5) is 68.9. The molecule has 0 amide bonds. The van der Waals surface area contributed by atoms with Gasteiger partial charge in [0.15, 0.2) is 24.4 Å². The number of carbonyl (C=O) groups is 6. The van der Waals surface area contributed by atoms with Gasteiger partial charge >= 0.3 is 35.8 Å². The second-order valence-corrected chi connectivity index (χ2v) is 11.9. The van der Waals surface area contributed by atoms with Crippen LogP contribution in [0.1, 0.15) is 58.3 Å². The van der Waals surface area contributed by atoms with E-state index in [2.05, 4.69) is 13.2 Å². The second kappa shape index (κ2) is 14.1. The van der Waals surface area contributed by atoms with Crippen molar-refractivity contribution in [1.29, 1.82) is 0 Å². The van der Waals surface area contributed by atoms with Crippen molar-refractivity contribution in [2.45, 2.75) is 107 Å². The molecule has 4 bridgehead atoms. The Hall–Kier alpha value is -3.78. The molecule has 0 aliphatic carbocycles. The van der Waals surface area contributed by atoms with Gasteiger partial charge in [0.25, 0.3) is 0 Å². The summed E-state index contributed by atoms with van der Waals surface area (Å²) in [7, 11) is 0. The van der Waals surface area contributed by atoms with Gasteiger partial charge in [0.05, 0.1) is 37.3 Å². The molecule has 6 saturated heterocycles. The zero-order chi connectivity index (χ0) is 32.2. The summed E-state index contributed by atoms with van der Waals surface area (Å²) in [6, 6.07) is 0. The molecular weight excluding hydrogens is 596 g/mol. The van der Waals surface area contributed by atoms with E-state index >= 15 is 0 Å². The molecule has 6 aliphatic heterocycles. The highest BCUT2D eigenvalue weighted by Crippen LogP contribution is 2.48. The Morgan fingerprint density at radius 3 is 1.67 bits per heavy atom. The fraction of sp³-hybridized carbons (Fsp3) is 0.677. The van der Waals surface area contributed by atoms with E-state index in [0.717, 1.165) is 6.08 Å². The molecule has 0 aromatic heterocycles. The third kappa shape index (κ3) is 7.22. The minimum atomic E-state index is -0.489. The number of fused-ring (bicyclic) bond motifs is 2. The van der Waals surface area contributed by atoms with Gasteiger partial charge in [-0.05, 0) is 45.4 Å². The molecule has 14 heteroatoms. The van der Waals surface area contributed by atoms with Crippen LogP contribution in [0.15, 0.2) is 24.8 Å². The Morgan fingerprint density at radius 1 is 0.756 bits per heavy atom. The summed E-state index contributed by atoms with van der Waals surface area (Å²) in [5, 5.41) is 0. The van der Waals surface area contributed by atoms with Crippen molar-refractivity contribution >= 4 is 35.8 Å². The first kappa shape index (κ1) is 32.6. The molecule has 6 aliphatic rings. The van der Waals surface area contributed by atoms with Crippen molar-refractivity contribution in [3.63, 3.8) is 0 Å². The maximum Gasteiger partial charge on any atom is 0.333 e. The topological polar surface area (TPSA) is 176 Å². The Kier molecular flexibility index (Phi) is 10.2. The van der Waals surface area contributed by atoms with Crippen LogP contribution in [0.5, 0.6) is 0 Å². The van der Waals surface area contributed by atoms with Gasteiger partial charge in [-0.1, -0.05) is 13.2 Å². The van der Waals surface area contributed by atoms with Crippen LogP contribution < -0.4 is 0 Å². The number of ether oxygens (including phenoxy) is 8. The highest BCUT2D eigenvalue weighted by atomic mass is 16.7. The molecule has 0 radical (unpaired) electrons. The molecule has 10 atom stereocenters. The van der Waals surface area contributed by atoms with E-state index in [9.17, 15) is 28.8 Å². The quantitative estimate of drug-likeness (QED) is 0.116. The largest absolute Gasteiger partial charge is 0.463 e. The number of esters is 6. The van der Waals surface area contributed by atoms with Gasteiger partial charge in [0, 0.05) is 24.5 Å². The van der Waals surface area contributed by atoms with Crippen LogP contribution >= 0.6 is 0 Å². The van der Waals surface area contributed by atoms with Gasteiger partial charge in [-0.2, -0.15) is 0 Å². The van der Waals surface area contributed by atoms with Crippen LogP contribution in [0.25, 0.3) is 0 Å². The zero-order valence-electron chi connectivity index (χ0n) is 25.1. The molecule has 0 N–H and O–H groups in total. The summed E-state index contributed by atoms with van der Waals surface area (Å²) in [5.74, 6) is -2.48. The van der Waals surface area contributed by atoms with Crippen LogP contribution in [0, 0.1) is 11.8 Å². The van der Waals surface area contributed by atoms with E-state index in [-0.39, 0.29) is 86.2 Å². The summed E-state index contributed by atoms with van der Waals surface area (Å²) in [5.41, 5.74) is 0.352. The summed E-state index contributed by atoms with van der Waals surface area (Å²) < 4.78 is 42.3. The van der Waals surface area contributed by atoms with E-state index in [1.165, 1.54) is 0 Å². The van der Waals surface area contributed by atoms with Crippen molar-refractivity contribution in [2.75, 3.05) is 13.2 Å². The molecule has 6 heterocycles. The molecule has 0 spiro atoms. The average Bonchev–Trinajstić information content (AvgIpc) is 3.82. The van der Waals surface area contributed by atoms with Crippen molar-refractivity contribution in [1.82, 2.24) is 0 Å². The number of unbranched alkanes of at least 4 members (excludes halogenated alkanes) is 2. The molecule has 6 fully saturated rings. The minimum absolute atomic E-state index is 0.190.